The summed E-state index contributed by atoms with van der Waals surface area (Å²) in [5.74, 6) is 0.929. The van der Waals surface area contributed by atoms with E-state index >= 15 is 0 Å². The molecule has 0 N–H and O–H groups in total. The molecule has 0 bridgehead atoms. The molecule has 4 heterocycles. The summed E-state index contributed by atoms with van der Waals surface area (Å²) in [6.45, 7) is 5.50. The Balaban J connectivity index is 1.42. The van der Waals surface area contributed by atoms with E-state index in [1.54, 1.807) is 35.2 Å². The zero-order chi connectivity index (χ0) is 22.5. The average molecular weight is 445 g/mol. The second-order valence-corrected chi connectivity index (χ2v) is 8.82. The molecule has 1 aromatic heterocycles. The van der Waals surface area contributed by atoms with Crippen molar-refractivity contribution < 1.29 is 23.9 Å². The lowest BCUT2D eigenvalue weighted by atomic mass is 9.93. The summed E-state index contributed by atoms with van der Waals surface area (Å²) in [5.41, 5.74) is 0. The van der Waals surface area contributed by atoms with Gasteiger partial charge in [-0.15, -0.1) is 0 Å². The number of nitrogens with zero attached hydrogens (tertiary/aromatic N) is 4. The molecule has 0 aromatic carbocycles. The molecule has 3 fully saturated rings. The van der Waals surface area contributed by atoms with E-state index in [0.717, 1.165) is 12.8 Å². The van der Waals surface area contributed by atoms with E-state index in [2.05, 4.69) is 4.98 Å². The Morgan fingerprint density at radius 1 is 1.12 bits per heavy atom. The van der Waals surface area contributed by atoms with Gasteiger partial charge < -0.3 is 24.2 Å². The van der Waals surface area contributed by atoms with Crippen LogP contribution in [-0.2, 0) is 19.1 Å². The minimum Gasteiger partial charge on any atom is -0.487 e. The monoisotopic (exact) mass is 444 g/mol. The van der Waals surface area contributed by atoms with Gasteiger partial charge in [0, 0.05) is 52.1 Å². The molecular weight excluding hydrogens is 412 g/mol. The number of ether oxygens (including phenoxy) is 2. The van der Waals surface area contributed by atoms with E-state index in [4.69, 9.17) is 9.47 Å². The van der Waals surface area contributed by atoms with Crippen molar-refractivity contribution in [3.63, 3.8) is 0 Å². The van der Waals surface area contributed by atoms with Crippen molar-refractivity contribution in [2.75, 3.05) is 45.9 Å². The fourth-order valence-electron chi connectivity index (χ4n) is 4.81. The van der Waals surface area contributed by atoms with Crippen LogP contribution in [0.2, 0.25) is 0 Å². The van der Waals surface area contributed by atoms with Gasteiger partial charge in [0.1, 0.15) is 17.9 Å². The van der Waals surface area contributed by atoms with Gasteiger partial charge in [0.2, 0.25) is 17.7 Å². The van der Waals surface area contributed by atoms with Crippen LogP contribution < -0.4 is 4.74 Å². The molecule has 9 heteroatoms. The number of carbonyl (C=O) groups is 3. The first kappa shape index (κ1) is 22.5. The molecule has 3 amide bonds. The number of piperidine rings is 1. The Hall–Kier alpha value is -2.68. The van der Waals surface area contributed by atoms with Gasteiger partial charge in [-0.1, -0.05) is 0 Å². The van der Waals surface area contributed by atoms with Crippen LogP contribution in [-0.4, -0.2) is 95.5 Å². The summed E-state index contributed by atoms with van der Waals surface area (Å²) in [7, 11) is 0. The lowest BCUT2D eigenvalue weighted by Crippen LogP contribution is -2.51. The number of morpholine rings is 1. The van der Waals surface area contributed by atoms with Crippen LogP contribution in [0.25, 0.3) is 0 Å². The maximum absolute atomic E-state index is 13.3. The second-order valence-electron chi connectivity index (χ2n) is 8.82. The standard InChI is InChI=1S/C23H32N4O5/c1-17(28)25-7-4-18(5-8-25)13-22(29)27-16-20(32-19-3-2-6-24-15-19)14-21(27)23(30)26-9-11-31-12-10-26/h2-3,6,15,18,20-21H,4-5,7-14,16H2,1H3/t20-,21-/m0/s1. The molecule has 0 saturated carbocycles. The number of hydrogen-bond donors (Lipinski definition) is 0. The fraction of sp³-hybridized carbons (Fsp3) is 0.652. The molecular formula is C23H32N4O5. The summed E-state index contributed by atoms with van der Waals surface area (Å²) in [5, 5.41) is 0. The summed E-state index contributed by atoms with van der Waals surface area (Å²) in [4.78, 5) is 47.6. The highest BCUT2D eigenvalue weighted by molar-refractivity contribution is 5.88. The van der Waals surface area contributed by atoms with Crippen molar-refractivity contribution in [3.8, 4) is 5.75 Å². The van der Waals surface area contributed by atoms with E-state index in [9.17, 15) is 14.4 Å². The number of pyridine rings is 1. The SMILES string of the molecule is CC(=O)N1CCC(CC(=O)N2C[C@@H](Oc3cccnc3)C[C@H]2C(=O)N2CCOCC2)CC1. The van der Waals surface area contributed by atoms with Crippen LogP contribution in [0.3, 0.4) is 0 Å². The highest BCUT2D eigenvalue weighted by Crippen LogP contribution is 2.28. The molecule has 2 atom stereocenters. The van der Waals surface area contributed by atoms with Crippen molar-refractivity contribution in [1.82, 2.24) is 19.7 Å². The predicted molar refractivity (Wildman–Crippen MR) is 116 cm³/mol. The topological polar surface area (TPSA) is 92.3 Å². The van der Waals surface area contributed by atoms with E-state index < -0.39 is 6.04 Å². The van der Waals surface area contributed by atoms with E-state index in [1.807, 2.05) is 11.0 Å². The lowest BCUT2D eigenvalue weighted by Gasteiger charge is -2.34. The summed E-state index contributed by atoms with van der Waals surface area (Å²) >= 11 is 0. The first-order valence-corrected chi connectivity index (χ1v) is 11.5. The van der Waals surface area contributed by atoms with Gasteiger partial charge in [0.05, 0.1) is 26.0 Å². The zero-order valence-corrected chi connectivity index (χ0v) is 18.6. The molecule has 0 unspecified atom stereocenters. The molecule has 0 radical (unpaired) electrons. The third kappa shape index (κ3) is 5.38. The van der Waals surface area contributed by atoms with Gasteiger partial charge >= 0.3 is 0 Å². The Labute approximate surface area is 188 Å². The van der Waals surface area contributed by atoms with Crippen LogP contribution >= 0.6 is 0 Å². The van der Waals surface area contributed by atoms with Gasteiger partial charge in [-0.3, -0.25) is 19.4 Å². The minimum absolute atomic E-state index is 0.00447. The van der Waals surface area contributed by atoms with Gasteiger partial charge in [-0.05, 0) is 30.9 Å². The molecule has 3 aliphatic rings. The molecule has 3 aliphatic heterocycles. The molecule has 1 aromatic rings. The van der Waals surface area contributed by atoms with Gasteiger partial charge in [-0.2, -0.15) is 0 Å². The van der Waals surface area contributed by atoms with E-state index in [1.165, 1.54) is 0 Å². The quantitative estimate of drug-likeness (QED) is 0.671. The summed E-state index contributed by atoms with van der Waals surface area (Å²) < 4.78 is 11.4. The van der Waals surface area contributed by atoms with Crippen molar-refractivity contribution in [2.45, 2.75) is 44.8 Å². The third-order valence-electron chi connectivity index (χ3n) is 6.65. The Kier molecular flexibility index (Phi) is 7.24. The number of aromatic nitrogens is 1. The molecule has 4 rings (SSSR count). The predicted octanol–water partition coefficient (Wildman–Crippen LogP) is 0.937. The summed E-state index contributed by atoms with van der Waals surface area (Å²) in [6.07, 6.45) is 5.58. The normalized spacial score (nSPS) is 24.5. The van der Waals surface area contributed by atoms with Crippen LogP contribution in [0.15, 0.2) is 24.5 Å². The maximum atomic E-state index is 13.3. The molecule has 174 valence electrons. The number of hydrogen-bond acceptors (Lipinski definition) is 6. The van der Waals surface area contributed by atoms with Crippen molar-refractivity contribution in [2.24, 2.45) is 5.92 Å². The lowest BCUT2D eigenvalue weighted by molar-refractivity contribution is -0.147. The van der Waals surface area contributed by atoms with Crippen LogP contribution in [0.5, 0.6) is 5.75 Å². The number of likely N-dealkylation sites (tertiary alicyclic amines) is 2. The average Bonchev–Trinajstić information content (AvgIpc) is 3.24. The first-order valence-electron chi connectivity index (χ1n) is 11.5. The summed E-state index contributed by atoms with van der Waals surface area (Å²) in [6, 6.07) is 3.12. The minimum atomic E-state index is -0.514. The fourth-order valence-corrected chi connectivity index (χ4v) is 4.81. The Bertz CT molecular complexity index is 806. The second kappa shape index (κ2) is 10.3. The van der Waals surface area contributed by atoms with E-state index in [-0.39, 0.29) is 29.7 Å². The molecule has 3 saturated heterocycles. The van der Waals surface area contributed by atoms with Crippen LogP contribution in [0, 0.1) is 5.92 Å². The highest BCUT2D eigenvalue weighted by atomic mass is 16.5. The van der Waals surface area contributed by atoms with Crippen LogP contribution in [0.1, 0.15) is 32.6 Å². The van der Waals surface area contributed by atoms with Gasteiger partial charge in [0.15, 0.2) is 0 Å². The molecule has 0 aliphatic carbocycles. The number of rotatable bonds is 5. The maximum Gasteiger partial charge on any atom is 0.245 e. The van der Waals surface area contributed by atoms with Gasteiger partial charge in [0.25, 0.3) is 0 Å². The van der Waals surface area contributed by atoms with Gasteiger partial charge in [-0.25, -0.2) is 0 Å². The largest absolute Gasteiger partial charge is 0.487 e. The third-order valence-corrected chi connectivity index (χ3v) is 6.65. The van der Waals surface area contributed by atoms with Crippen molar-refractivity contribution in [1.29, 1.82) is 0 Å². The van der Waals surface area contributed by atoms with Crippen molar-refractivity contribution >= 4 is 17.7 Å². The zero-order valence-electron chi connectivity index (χ0n) is 18.6. The number of amides is 3. The molecule has 0 spiro atoms. The first-order chi connectivity index (χ1) is 15.5. The van der Waals surface area contributed by atoms with Crippen molar-refractivity contribution in [3.05, 3.63) is 24.5 Å². The molecule has 9 nitrogen and oxygen atoms in total. The smallest absolute Gasteiger partial charge is 0.245 e. The molecule has 32 heavy (non-hydrogen) atoms. The Morgan fingerprint density at radius 2 is 1.88 bits per heavy atom. The van der Waals surface area contributed by atoms with Crippen LogP contribution in [0.4, 0.5) is 0 Å². The number of carbonyl (C=O) groups excluding carboxylic acids is 3. The van der Waals surface area contributed by atoms with E-state index in [0.29, 0.717) is 64.5 Å². The Morgan fingerprint density at radius 3 is 2.53 bits per heavy atom. The highest BCUT2D eigenvalue weighted by Gasteiger charge is 2.43.